The predicted molar refractivity (Wildman–Crippen MR) is 252 cm³/mol. The number of anilines is 3. The van der Waals surface area contributed by atoms with Gasteiger partial charge < -0.3 is 18.6 Å². The highest BCUT2D eigenvalue weighted by Crippen LogP contribution is 2.53. The Hall–Kier alpha value is -7.96. The molecule has 0 saturated heterocycles. The fraction of sp³-hybridized carbons (Fsp3) is 0.0545. The molecule has 7 aromatic carbocycles. The van der Waals surface area contributed by atoms with Gasteiger partial charge in [0.15, 0.2) is 0 Å². The monoisotopic (exact) mass is 782 g/mol. The van der Waals surface area contributed by atoms with Gasteiger partial charge in [-0.05, 0) is 96.1 Å². The lowest BCUT2D eigenvalue weighted by molar-refractivity contribution is 0.631. The first-order chi connectivity index (χ1) is 30.0. The Bertz CT molecular complexity index is 3420. The minimum absolute atomic E-state index is 0.300. The molecule has 1 aliphatic heterocycles. The third-order valence-corrected chi connectivity index (χ3v) is 13.2. The Morgan fingerprint density at radius 3 is 1.11 bits per heavy atom. The van der Waals surface area contributed by atoms with E-state index in [1.54, 1.807) is 0 Å². The topological polar surface area (TPSA) is 43.8 Å². The average Bonchev–Trinajstić information content (AvgIpc) is 3.95. The molecular weight excluding hydrogens is 745 g/mol. The summed E-state index contributed by atoms with van der Waals surface area (Å²) in [5, 5.41) is 7.32. The molecule has 5 aromatic heterocycles. The van der Waals surface area contributed by atoms with Gasteiger partial charge in [-0.15, -0.1) is 0 Å². The van der Waals surface area contributed by atoms with E-state index in [-0.39, 0.29) is 5.41 Å². The quantitative estimate of drug-likeness (QED) is 0.179. The van der Waals surface area contributed by atoms with Gasteiger partial charge in [-0.3, -0.25) is 9.97 Å². The zero-order valence-corrected chi connectivity index (χ0v) is 33.7. The maximum atomic E-state index is 4.60. The van der Waals surface area contributed by atoms with Crippen molar-refractivity contribution in [1.29, 1.82) is 0 Å². The van der Waals surface area contributed by atoms with E-state index in [4.69, 9.17) is 0 Å². The van der Waals surface area contributed by atoms with E-state index < -0.39 is 0 Å². The van der Waals surface area contributed by atoms with Gasteiger partial charge in [0.25, 0.3) is 0 Å². The number of fused-ring (bicyclic) bond motifs is 11. The Balaban J connectivity index is 1.06. The van der Waals surface area contributed by atoms with E-state index in [2.05, 4.69) is 212 Å². The van der Waals surface area contributed by atoms with Crippen LogP contribution < -0.4 is 4.90 Å². The van der Waals surface area contributed by atoms with Crippen LogP contribution in [-0.4, -0.2) is 23.7 Å². The lowest BCUT2D eigenvalue weighted by Crippen LogP contribution is -2.31. The molecule has 0 radical (unpaired) electrons. The highest BCUT2D eigenvalue weighted by Gasteiger charge is 2.38. The fourth-order valence-electron chi connectivity index (χ4n) is 10.4. The summed E-state index contributed by atoms with van der Waals surface area (Å²) >= 11 is 0. The Labute approximate surface area is 351 Å². The second-order valence-corrected chi connectivity index (χ2v) is 16.7. The van der Waals surface area contributed by atoms with Crippen LogP contribution in [0, 0.1) is 0 Å². The van der Waals surface area contributed by atoms with Crippen LogP contribution in [0.2, 0.25) is 0 Å². The first kappa shape index (κ1) is 34.0. The van der Waals surface area contributed by atoms with Crippen LogP contribution in [0.25, 0.3) is 82.5 Å². The SMILES string of the molecule is CC1(C)c2ccc(-n3c4ccccc4c4ccncc43)cc2N(c2ccc(-n3c4ccccc4c4ccccc43)cc2)c2cc(-n3c4ccccc4c4ccncc43)ccc21. The van der Waals surface area contributed by atoms with Crippen LogP contribution >= 0.6 is 0 Å². The molecule has 0 aliphatic carbocycles. The molecule has 6 heterocycles. The molecule has 0 saturated carbocycles. The average molecular weight is 783 g/mol. The van der Waals surface area contributed by atoms with E-state index in [1.807, 2.05) is 24.8 Å². The second kappa shape index (κ2) is 12.5. The van der Waals surface area contributed by atoms with E-state index >= 15 is 0 Å². The second-order valence-electron chi connectivity index (χ2n) is 16.7. The van der Waals surface area contributed by atoms with Crippen molar-refractivity contribution in [3.8, 4) is 17.1 Å². The van der Waals surface area contributed by atoms with E-state index in [1.165, 1.54) is 54.5 Å². The molecule has 0 fully saturated rings. The summed E-state index contributed by atoms with van der Waals surface area (Å²) in [5.41, 5.74) is 15.8. The van der Waals surface area contributed by atoms with Crippen LogP contribution in [0.1, 0.15) is 25.0 Å². The highest BCUT2D eigenvalue weighted by atomic mass is 15.2. The Morgan fingerprint density at radius 2 is 0.689 bits per heavy atom. The predicted octanol–water partition coefficient (Wildman–Crippen LogP) is 13.9. The fourth-order valence-corrected chi connectivity index (χ4v) is 10.4. The minimum atomic E-state index is -0.300. The number of hydrogen-bond donors (Lipinski definition) is 0. The van der Waals surface area contributed by atoms with Gasteiger partial charge in [0, 0.05) is 72.9 Å². The van der Waals surface area contributed by atoms with Crippen LogP contribution in [0.3, 0.4) is 0 Å². The molecule has 12 aromatic rings. The van der Waals surface area contributed by atoms with Crippen molar-refractivity contribution in [2.45, 2.75) is 19.3 Å². The normalized spacial score (nSPS) is 13.5. The molecule has 6 nitrogen and oxygen atoms in total. The smallest absolute Gasteiger partial charge is 0.0724 e. The van der Waals surface area contributed by atoms with Crippen molar-refractivity contribution >= 4 is 82.5 Å². The number of rotatable bonds is 4. The van der Waals surface area contributed by atoms with Crippen molar-refractivity contribution in [2.75, 3.05) is 4.90 Å². The number of aromatic nitrogens is 5. The highest BCUT2D eigenvalue weighted by molar-refractivity contribution is 6.11. The molecule has 6 heteroatoms. The number of nitrogens with zero attached hydrogens (tertiary/aromatic N) is 6. The van der Waals surface area contributed by atoms with Crippen molar-refractivity contribution in [3.05, 3.63) is 206 Å². The van der Waals surface area contributed by atoms with E-state index in [0.29, 0.717) is 0 Å². The van der Waals surface area contributed by atoms with Gasteiger partial charge in [-0.1, -0.05) is 98.8 Å². The molecule has 0 unspecified atom stereocenters. The van der Waals surface area contributed by atoms with Gasteiger partial charge in [-0.2, -0.15) is 0 Å². The van der Waals surface area contributed by atoms with Gasteiger partial charge in [-0.25, -0.2) is 0 Å². The zero-order valence-electron chi connectivity index (χ0n) is 33.7. The summed E-state index contributed by atoms with van der Waals surface area (Å²) in [5.74, 6) is 0. The standard InChI is InChI=1S/C55H38N6/c1-55(2)45-25-23-37(60-49-17-9-5-13-41(49)43-27-29-56-33-53(43)60)31-51(45)59(36-21-19-35(20-22-36)58-47-15-7-3-11-39(47)40-12-4-8-16-48(40)58)52-32-38(24-26-46(52)55)61-50-18-10-6-14-42(50)44-28-30-57-34-54(44)61/h3-34H,1-2H3. The Kier molecular flexibility index (Phi) is 6.97. The molecule has 1 aliphatic rings. The zero-order chi connectivity index (χ0) is 40.4. The molecular formula is C55H38N6. The van der Waals surface area contributed by atoms with Crippen LogP contribution in [0.5, 0.6) is 0 Å². The lowest BCUT2D eigenvalue weighted by Gasteiger charge is -2.42. The van der Waals surface area contributed by atoms with Crippen LogP contribution in [0.15, 0.2) is 195 Å². The van der Waals surface area contributed by atoms with Crippen LogP contribution in [-0.2, 0) is 5.41 Å². The summed E-state index contributed by atoms with van der Waals surface area (Å²) in [4.78, 5) is 11.7. The van der Waals surface area contributed by atoms with Gasteiger partial charge in [0.2, 0.25) is 0 Å². The van der Waals surface area contributed by atoms with Crippen molar-refractivity contribution in [1.82, 2.24) is 23.7 Å². The maximum absolute atomic E-state index is 4.60. The number of hydrogen-bond acceptors (Lipinski definition) is 3. The summed E-state index contributed by atoms with van der Waals surface area (Å²) < 4.78 is 7.12. The number of pyridine rings is 2. The van der Waals surface area contributed by atoms with E-state index in [0.717, 1.165) is 56.2 Å². The molecule has 0 atom stereocenters. The molecule has 61 heavy (non-hydrogen) atoms. The number of para-hydroxylation sites is 4. The third-order valence-electron chi connectivity index (χ3n) is 13.2. The molecule has 288 valence electrons. The van der Waals surface area contributed by atoms with Gasteiger partial charge >= 0.3 is 0 Å². The van der Waals surface area contributed by atoms with Gasteiger partial charge in [0.1, 0.15) is 0 Å². The molecule has 0 amide bonds. The maximum Gasteiger partial charge on any atom is 0.0724 e. The molecule has 0 bridgehead atoms. The lowest BCUT2D eigenvalue weighted by atomic mass is 9.73. The summed E-state index contributed by atoms with van der Waals surface area (Å²) in [6.07, 6.45) is 7.76. The Morgan fingerprint density at radius 1 is 0.344 bits per heavy atom. The molecule has 13 rings (SSSR count). The van der Waals surface area contributed by atoms with Crippen molar-refractivity contribution < 1.29 is 0 Å². The minimum Gasteiger partial charge on any atom is -0.310 e. The van der Waals surface area contributed by atoms with Crippen molar-refractivity contribution in [3.63, 3.8) is 0 Å². The summed E-state index contributed by atoms with van der Waals surface area (Å²) in [6.45, 7) is 4.73. The first-order valence-corrected chi connectivity index (χ1v) is 20.9. The summed E-state index contributed by atoms with van der Waals surface area (Å²) in [6, 6.07) is 62.2. The summed E-state index contributed by atoms with van der Waals surface area (Å²) in [7, 11) is 0. The van der Waals surface area contributed by atoms with Crippen molar-refractivity contribution in [2.24, 2.45) is 0 Å². The third kappa shape index (κ3) is 4.73. The van der Waals surface area contributed by atoms with E-state index in [9.17, 15) is 0 Å². The molecule has 0 N–H and O–H groups in total. The largest absolute Gasteiger partial charge is 0.310 e. The van der Waals surface area contributed by atoms with Crippen LogP contribution in [0.4, 0.5) is 17.1 Å². The molecule has 0 spiro atoms. The number of benzene rings is 7. The first-order valence-electron chi connectivity index (χ1n) is 20.9. The van der Waals surface area contributed by atoms with Gasteiger partial charge in [0.05, 0.1) is 56.9 Å².